The van der Waals surface area contributed by atoms with Crippen LogP contribution in [0.3, 0.4) is 0 Å². The van der Waals surface area contributed by atoms with Crippen LogP contribution in [0.2, 0.25) is 5.02 Å². The minimum atomic E-state index is -4.75. The van der Waals surface area contributed by atoms with Crippen LogP contribution in [0.4, 0.5) is 18.9 Å². The normalized spacial score (nSPS) is 11.7. The van der Waals surface area contributed by atoms with Crippen molar-refractivity contribution in [2.75, 3.05) is 10.8 Å². The standard InChI is InChI=1S/C29H24ClF3N2O3S/c30-26-17-16-24(29(31,32)33)18-27(26)35(39(37,38)25-14-8-3-9-15-25)21-28(36)34(19-22-10-4-1-5-11-22)20-23-12-6-2-7-13-23/h1-18H,19-21H2. The molecule has 0 unspecified atom stereocenters. The van der Waals surface area contributed by atoms with Gasteiger partial charge in [-0.1, -0.05) is 90.5 Å². The average molecular weight is 573 g/mol. The van der Waals surface area contributed by atoms with Crippen LogP contribution in [-0.4, -0.2) is 25.8 Å². The number of nitrogens with zero attached hydrogens (tertiary/aromatic N) is 2. The average Bonchev–Trinajstić information content (AvgIpc) is 2.92. The minimum absolute atomic E-state index is 0.157. The summed E-state index contributed by atoms with van der Waals surface area (Å²) in [5, 5.41) is -0.243. The molecule has 0 N–H and O–H groups in total. The van der Waals surface area contributed by atoms with E-state index >= 15 is 0 Å². The number of sulfonamides is 1. The van der Waals surface area contributed by atoms with Gasteiger partial charge in [-0.25, -0.2) is 8.42 Å². The molecule has 202 valence electrons. The molecule has 0 aliphatic rings. The Kier molecular flexibility index (Phi) is 8.62. The number of rotatable bonds is 9. The molecule has 0 bridgehead atoms. The number of benzene rings is 4. The van der Waals surface area contributed by atoms with E-state index in [0.717, 1.165) is 23.3 Å². The topological polar surface area (TPSA) is 57.7 Å². The van der Waals surface area contributed by atoms with Crippen LogP contribution in [0, 0.1) is 0 Å². The highest BCUT2D eigenvalue weighted by molar-refractivity contribution is 7.92. The Morgan fingerprint density at radius 3 is 1.72 bits per heavy atom. The van der Waals surface area contributed by atoms with E-state index in [4.69, 9.17) is 11.6 Å². The number of hydrogen-bond acceptors (Lipinski definition) is 3. The molecule has 0 aliphatic heterocycles. The summed E-state index contributed by atoms with van der Waals surface area (Å²) >= 11 is 6.26. The maximum absolute atomic E-state index is 13.8. The van der Waals surface area contributed by atoms with E-state index in [1.807, 2.05) is 60.7 Å². The summed E-state index contributed by atoms with van der Waals surface area (Å²) in [4.78, 5) is 15.0. The fraction of sp³-hybridized carbons (Fsp3) is 0.138. The summed E-state index contributed by atoms with van der Waals surface area (Å²) in [5.74, 6) is -0.615. The van der Waals surface area contributed by atoms with Crippen molar-refractivity contribution in [2.45, 2.75) is 24.2 Å². The Morgan fingerprint density at radius 2 is 1.23 bits per heavy atom. The van der Waals surface area contributed by atoms with Gasteiger partial charge < -0.3 is 4.90 Å². The maximum Gasteiger partial charge on any atom is 0.416 e. The molecule has 5 nitrogen and oxygen atoms in total. The summed E-state index contributed by atoms with van der Waals surface area (Å²) < 4.78 is 68.8. The molecule has 0 fully saturated rings. The molecule has 1 amide bonds. The van der Waals surface area contributed by atoms with Crippen molar-refractivity contribution in [1.29, 1.82) is 0 Å². The maximum atomic E-state index is 13.8. The molecule has 0 saturated carbocycles. The van der Waals surface area contributed by atoms with Crippen LogP contribution in [0.25, 0.3) is 0 Å². The first-order chi connectivity index (χ1) is 18.6. The Bertz CT molecular complexity index is 1480. The predicted molar refractivity (Wildman–Crippen MR) is 145 cm³/mol. The molecule has 4 aromatic carbocycles. The quantitative estimate of drug-likeness (QED) is 0.222. The van der Waals surface area contributed by atoms with Crippen LogP contribution < -0.4 is 4.31 Å². The Balaban J connectivity index is 1.77. The molecule has 0 heterocycles. The molecular formula is C29H24ClF3N2O3S. The number of hydrogen-bond donors (Lipinski definition) is 0. The van der Waals surface area contributed by atoms with E-state index in [9.17, 15) is 26.4 Å². The van der Waals surface area contributed by atoms with E-state index in [1.54, 1.807) is 6.07 Å². The van der Waals surface area contributed by atoms with Gasteiger partial charge in [0.05, 0.1) is 21.2 Å². The molecule has 0 aliphatic carbocycles. The summed E-state index contributed by atoms with van der Waals surface area (Å²) in [5.41, 5.74) is 0.0730. The van der Waals surface area contributed by atoms with E-state index in [1.165, 1.54) is 29.2 Å². The molecule has 0 aromatic heterocycles. The lowest BCUT2D eigenvalue weighted by Gasteiger charge is -2.29. The van der Waals surface area contributed by atoms with Crippen molar-refractivity contribution >= 4 is 33.2 Å². The van der Waals surface area contributed by atoms with Gasteiger partial charge in [-0.2, -0.15) is 13.2 Å². The molecule has 39 heavy (non-hydrogen) atoms. The van der Waals surface area contributed by atoms with Crippen molar-refractivity contribution in [3.8, 4) is 0 Å². The lowest BCUT2D eigenvalue weighted by atomic mass is 10.1. The lowest BCUT2D eigenvalue weighted by molar-refractivity contribution is -0.137. The van der Waals surface area contributed by atoms with Crippen LogP contribution >= 0.6 is 11.6 Å². The van der Waals surface area contributed by atoms with Crippen molar-refractivity contribution in [3.05, 3.63) is 131 Å². The van der Waals surface area contributed by atoms with E-state index in [-0.39, 0.29) is 23.0 Å². The molecule has 10 heteroatoms. The van der Waals surface area contributed by atoms with Gasteiger partial charge in [0.1, 0.15) is 6.54 Å². The molecule has 0 atom stereocenters. The SMILES string of the molecule is O=C(CN(c1cc(C(F)(F)F)ccc1Cl)S(=O)(=O)c1ccccc1)N(Cc1ccccc1)Cc1ccccc1. The van der Waals surface area contributed by atoms with Gasteiger partial charge in [0.25, 0.3) is 10.0 Å². The Labute approximate surface area is 230 Å². The lowest BCUT2D eigenvalue weighted by Crippen LogP contribution is -2.42. The number of anilines is 1. The third-order valence-electron chi connectivity index (χ3n) is 5.94. The molecule has 0 radical (unpaired) electrons. The van der Waals surface area contributed by atoms with Gasteiger partial charge >= 0.3 is 6.18 Å². The van der Waals surface area contributed by atoms with Gasteiger partial charge in [0.2, 0.25) is 5.91 Å². The first-order valence-electron chi connectivity index (χ1n) is 11.9. The highest BCUT2D eigenvalue weighted by atomic mass is 35.5. The summed E-state index contributed by atoms with van der Waals surface area (Å²) in [6.45, 7) is -0.452. The number of halogens is 4. The van der Waals surface area contributed by atoms with Crippen LogP contribution in [0.5, 0.6) is 0 Å². The van der Waals surface area contributed by atoms with Crippen LogP contribution in [-0.2, 0) is 34.1 Å². The van der Waals surface area contributed by atoms with Crippen LogP contribution in [0.1, 0.15) is 16.7 Å². The first kappa shape index (κ1) is 28.2. The number of amides is 1. The Hall–Kier alpha value is -3.82. The van der Waals surface area contributed by atoms with E-state index in [2.05, 4.69) is 0 Å². The van der Waals surface area contributed by atoms with Gasteiger partial charge in [-0.05, 0) is 41.5 Å². The third kappa shape index (κ3) is 6.99. The molecule has 4 aromatic rings. The fourth-order valence-electron chi connectivity index (χ4n) is 3.96. The van der Waals surface area contributed by atoms with Gasteiger partial charge in [0.15, 0.2) is 0 Å². The van der Waals surface area contributed by atoms with E-state index < -0.39 is 39.9 Å². The van der Waals surface area contributed by atoms with Crippen molar-refractivity contribution in [1.82, 2.24) is 4.90 Å². The monoisotopic (exact) mass is 572 g/mol. The molecular weight excluding hydrogens is 549 g/mol. The summed E-state index contributed by atoms with van der Waals surface area (Å²) in [6, 6.07) is 27.8. The van der Waals surface area contributed by atoms with Crippen molar-refractivity contribution in [2.24, 2.45) is 0 Å². The summed E-state index contributed by atoms with van der Waals surface area (Å²) in [6.07, 6.45) is -4.75. The van der Waals surface area contributed by atoms with Crippen molar-refractivity contribution < 1.29 is 26.4 Å². The minimum Gasteiger partial charge on any atom is -0.332 e. The number of carbonyl (C=O) groups is 1. The molecule has 0 spiro atoms. The highest BCUT2D eigenvalue weighted by Gasteiger charge is 2.35. The second kappa shape index (κ2) is 11.9. The smallest absolute Gasteiger partial charge is 0.332 e. The highest BCUT2D eigenvalue weighted by Crippen LogP contribution is 2.37. The zero-order valence-corrected chi connectivity index (χ0v) is 22.1. The largest absolute Gasteiger partial charge is 0.416 e. The van der Waals surface area contributed by atoms with Gasteiger partial charge in [0, 0.05) is 13.1 Å². The first-order valence-corrected chi connectivity index (χ1v) is 13.7. The summed E-state index contributed by atoms with van der Waals surface area (Å²) in [7, 11) is -4.48. The third-order valence-corrected chi connectivity index (χ3v) is 8.03. The zero-order valence-electron chi connectivity index (χ0n) is 20.6. The zero-order chi connectivity index (χ0) is 28.0. The second-order valence-corrected chi connectivity index (χ2v) is 11.0. The van der Waals surface area contributed by atoms with Crippen molar-refractivity contribution in [3.63, 3.8) is 0 Å². The number of alkyl halides is 3. The Morgan fingerprint density at radius 1 is 0.744 bits per heavy atom. The van der Waals surface area contributed by atoms with E-state index in [0.29, 0.717) is 10.4 Å². The predicted octanol–water partition coefficient (Wildman–Crippen LogP) is 6.78. The molecule has 4 rings (SSSR count). The van der Waals surface area contributed by atoms with Gasteiger partial charge in [-0.15, -0.1) is 0 Å². The second-order valence-electron chi connectivity index (χ2n) is 8.71. The molecule has 0 saturated heterocycles. The van der Waals surface area contributed by atoms with Gasteiger partial charge in [-0.3, -0.25) is 9.10 Å². The van der Waals surface area contributed by atoms with Crippen LogP contribution in [0.15, 0.2) is 114 Å². The number of carbonyl (C=O) groups excluding carboxylic acids is 1. The fourth-order valence-corrected chi connectivity index (χ4v) is 5.68.